The molecule has 2 aromatic rings. The van der Waals surface area contributed by atoms with E-state index in [2.05, 4.69) is 0 Å². The quantitative estimate of drug-likeness (QED) is 0.673. The van der Waals surface area contributed by atoms with Crippen LogP contribution < -0.4 is 13.8 Å². The molecule has 0 atom stereocenters. The van der Waals surface area contributed by atoms with Gasteiger partial charge in [0.05, 0.1) is 31.9 Å². The normalized spacial score (nSPS) is 11.0. The van der Waals surface area contributed by atoms with E-state index in [0.717, 1.165) is 9.87 Å². The molecule has 8 heteroatoms. The molecule has 0 N–H and O–H groups in total. The average Bonchev–Trinajstić information content (AvgIpc) is 2.65. The molecule has 0 saturated heterocycles. The molecule has 0 unspecified atom stereocenters. The molecule has 0 heterocycles. The first-order valence-electron chi connectivity index (χ1n) is 8.13. The second kappa shape index (κ2) is 8.30. The number of esters is 1. The van der Waals surface area contributed by atoms with Crippen molar-refractivity contribution in [1.29, 1.82) is 0 Å². The van der Waals surface area contributed by atoms with Crippen LogP contribution in [0.5, 0.6) is 11.5 Å². The Morgan fingerprint density at radius 2 is 1.59 bits per heavy atom. The van der Waals surface area contributed by atoms with E-state index in [-0.39, 0.29) is 10.6 Å². The summed E-state index contributed by atoms with van der Waals surface area (Å²) in [5.41, 5.74) is 1.74. The van der Waals surface area contributed by atoms with E-state index >= 15 is 0 Å². The van der Waals surface area contributed by atoms with Gasteiger partial charge in [0.2, 0.25) is 0 Å². The summed E-state index contributed by atoms with van der Waals surface area (Å²) in [5.74, 6) is 0.215. The lowest BCUT2D eigenvalue weighted by Gasteiger charge is -2.25. The zero-order valence-corrected chi connectivity index (χ0v) is 16.8. The van der Waals surface area contributed by atoms with Crippen LogP contribution in [0.15, 0.2) is 41.3 Å². The lowest BCUT2D eigenvalue weighted by molar-refractivity contribution is -0.138. The van der Waals surface area contributed by atoms with Crippen molar-refractivity contribution in [1.82, 2.24) is 0 Å². The van der Waals surface area contributed by atoms with Crippen molar-refractivity contribution in [3.05, 3.63) is 47.5 Å². The number of rotatable bonds is 7. The Hall–Kier alpha value is -2.74. The van der Waals surface area contributed by atoms with Gasteiger partial charge in [0, 0.05) is 0 Å². The van der Waals surface area contributed by atoms with E-state index in [1.54, 1.807) is 31.2 Å². The van der Waals surface area contributed by atoms with Crippen molar-refractivity contribution in [2.24, 2.45) is 0 Å². The molecular formula is C19H23NO6S. The van der Waals surface area contributed by atoms with Crippen molar-refractivity contribution in [2.45, 2.75) is 18.7 Å². The molecule has 146 valence electrons. The molecule has 0 fully saturated rings. The van der Waals surface area contributed by atoms with E-state index in [1.165, 1.54) is 33.5 Å². The number of hydrogen-bond acceptors (Lipinski definition) is 6. The van der Waals surface area contributed by atoms with Crippen LogP contribution in [-0.4, -0.2) is 42.3 Å². The number of methoxy groups -OCH3 is 3. The summed E-state index contributed by atoms with van der Waals surface area (Å²) in [7, 11) is 0.0980. The minimum atomic E-state index is -4.06. The topological polar surface area (TPSA) is 82.1 Å². The molecular weight excluding hydrogens is 370 g/mol. The predicted molar refractivity (Wildman–Crippen MR) is 102 cm³/mol. The van der Waals surface area contributed by atoms with Crippen LogP contribution in [0, 0.1) is 13.8 Å². The SMILES string of the molecule is COC(=O)CN(c1cc(C)ccc1OC)S(=O)(=O)c1ccc(OC)c(C)c1. The number of aryl methyl sites for hydroxylation is 2. The summed E-state index contributed by atoms with van der Waals surface area (Å²) in [6.45, 7) is 3.09. The molecule has 0 bridgehead atoms. The van der Waals surface area contributed by atoms with Crippen LogP contribution in [0.3, 0.4) is 0 Å². The highest BCUT2D eigenvalue weighted by molar-refractivity contribution is 7.92. The zero-order valence-electron chi connectivity index (χ0n) is 16.0. The summed E-state index contributed by atoms with van der Waals surface area (Å²) in [6, 6.07) is 9.61. The highest BCUT2D eigenvalue weighted by Crippen LogP contribution is 2.34. The smallest absolute Gasteiger partial charge is 0.326 e. The van der Waals surface area contributed by atoms with Gasteiger partial charge >= 0.3 is 5.97 Å². The van der Waals surface area contributed by atoms with E-state index < -0.39 is 22.5 Å². The number of sulfonamides is 1. The van der Waals surface area contributed by atoms with E-state index in [0.29, 0.717) is 17.1 Å². The van der Waals surface area contributed by atoms with Gasteiger partial charge in [-0.1, -0.05) is 6.07 Å². The first-order chi connectivity index (χ1) is 12.7. The van der Waals surface area contributed by atoms with Gasteiger partial charge in [0.15, 0.2) is 0 Å². The Morgan fingerprint density at radius 3 is 2.15 bits per heavy atom. The van der Waals surface area contributed by atoms with Gasteiger partial charge in [-0.3, -0.25) is 9.10 Å². The van der Waals surface area contributed by atoms with Crippen LogP contribution in [0.4, 0.5) is 5.69 Å². The van der Waals surface area contributed by atoms with Gasteiger partial charge < -0.3 is 14.2 Å². The van der Waals surface area contributed by atoms with Crippen LogP contribution in [0.1, 0.15) is 11.1 Å². The van der Waals surface area contributed by atoms with Crippen molar-refractivity contribution >= 4 is 21.7 Å². The molecule has 7 nitrogen and oxygen atoms in total. The second-order valence-corrected chi connectivity index (χ2v) is 7.76. The lowest BCUT2D eigenvalue weighted by atomic mass is 10.2. The third-order valence-electron chi connectivity index (χ3n) is 4.06. The third-order valence-corrected chi connectivity index (χ3v) is 5.81. The number of nitrogens with zero attached hydrogens (tertiary/aromatic N) is 1. The molecule has 27 heavy (non-hydrogen) atoms. The Morgan fingerprint density at radius 1 is 0.963 bits per heavy atom. The summed E-state index contributed by atoms with van der Waals surface area (Å²) < 4.78 is 42.9. The Kier molecular flexibility index (Phi) is 6.32. The largest absolute Gasteiger partial charge is 0.496 e. The number of carbonyl (C=O) groups excluding carboxylic acids is 1. The maximum atomic E-state index is 13.3. The summed E-state index contributed by atoms with van der Waals surface area (Å²) in [5, 5.41) is 0. The average molecular weight is 393 g/mol. The highest BCUT2D eigenvalue weighted by atomic mass is 32.2. The Bertz CT molecular complexity index is 939. The first-order valence-corrected chi connectivity index (χ1v) is 9.57. The molecule has 0 aromatic heterocycles. The molecule has 0 spiro atoms. The summed E-state index contributed by atoms with van der Waals surface area (Å²) >= 11 is 0. The fourth-order valence-corrected chi connectivity index (χ4v) is 4.11. The Balaban J connectivity index is 2.65. The standard InChI is InChI=1S/C19H23NO6S/c1-13-6-8-18(25-4)16(10-13)20(12-19(21)26-5)27(22,23)15-7-9-17(24-3)14(2)11-15/h6-11H,12H2,1-5H3. The van der Waals surface area contributed by atoms with Crippen LogP contribution in [0.2, 0.25) is 0 Å². The van der Waals surface area contributed by atoms with Gasteiger partial charge in [-0.2, -0.15) is 0 Å². The molecule has 2 rings (SSSR count). The minimum Gasteiger partial charge on any atom is -0.496 e. The van der Waals surface area contributed by atoms with Gasteiger partial charge in [0.1, 0.15) is 18.0 Å². The fourth-order valence-electron chi connectivity index (χ4n) is 2.61. The van der Waals surface area contributed by atoms with Crippen LogP contribution in [-0.2, 0) is 19.6 Å². The molecule has 0 saturated carbocycles. The van der Waals surface area contributed by atoms with Crippen molar-refractivity contribution in [3.63, 3.8) is 0 Å². The number of hydrogen-bond donors (Lipinski definition) is 0. The van der Waals surface area contributed by atoms with E-state index in [1.807, 2.05) is 6.92 Å². The molecule has 2 aromatic carbocycles. The van der Waals surface area contributed by atoms with Gasteiger partial charge in [-0.05, 0) is 55.3 Å². The number of carbonyl (C=O) groups is 1. The monoisotopic (exact) mass is 393 g/mol. The zero-order chi connectivity index (χ0) is 20.2. The maximum absolute atomic E-state index is 13.3. The fraction of sp³-hybridized carbons (Fsp3) is 0.316. The van der Waals surface area contributed by atoms with E-state index in [9.17, 15) is 13.2 Å². The lowest BCUT2D eigenvalue weighted by Crippen LogP contribution is -2.36. The first kappa shape index (κ1) is 20.6. The Labute approximate surface area is 159 Å². The number of anilines is 1. The predicted octanol–water partition coefficient (Wildman–Crippen LogP) is 2.69. The van der Waals surface area contributed by atoms with Gasteiger partial charge in [-0.15, -0.1) is 0 Å². The van der Waals surface area contributed by atoms with Crippen molar-refractivity contribution in [3.8, 4) is 11.5 Å². The van der Waals surface area contributed by atoms with Crippen LogP contribution in [0.25, 0.3) is 0 Å². The maximum Gasteiger partial charge on any atom is 0.326 e. The highest BCUT2D eigenvalue weighted by Gasteiger charge is 2.30. The summed E-state index contributed by atoms with van der Waals surface area (Å²) in [6.07, 6.45) is 0. The molecule has 0 aliphatic carbocycles. The van der Waals surface area contributed by atoms with Gasteiger partial charge in [0.25, 0.3) is 10.0 Å². The summed E-state index contributed by atoms with van der Waals surface area (Å²) in [4.78, 5) is 12.0. The van der Waals surface area contributed by atoms with Gasteiger partial charge in [-0.25, -0.2) is 8.42 Å². The second-order valence-electron chi connectivity index (χ2n) is 5.89. The molecule has 0 aliphatic heterocycles. The van der Waals surface area contributed by atoms with E-state index in [4.69, 9.17) is 14.2 Å². The molecule has 0 aliphatic rings. The molecule has 0 amide bonds. The number of ether oxygens (including phenoxy) is 3. The minimum absolute atomic E-state index is 0.0354. The van der Waals surface area contributed by atoms with Crippen LogP contribution >= 0.6 is 0 Å². The number of benzene rings is 2. The molecule has 0 radical (unpaired) electrons. The third kappa shape index (κ3) is 4.33. The van der Waals surface area contributed by atoms with Crippen molar-refractivity contribution < 1.29 is 27.4 Å². The van der Waals surface area contributed by atoms with Crippen molar-refractivity contribution in [2.75, 3.05) is 32.2 Å².